The molecule has 0 unspecified atom stereocenters. The van der Waals surface area contributed by atoms with Crippen LogP contribution in [0.5, 0.6) is 0 Å². The van der Waals surface area contributed by atoms with Gasteiger partial charge in [0.05, 0.1) is 11.8 Å². The number of anilines is 1. The van der Waals surface area contributed by atoms with Crippen molar-refractivity contribution in [3.63, 3.8) is 0 Å². The minimum Gasteiger partial charge on any atom is -0.280 e. The maximum Gasteiger partial charge on any atom is 0.249 e. The first-order valence-corrected chi connectivity index (χ1v) is 9.31. The topological polar surface area (TPSA) is 44.1 Å². The van der Waals surface area contributed by atoms with Crippen molar-refractivity contribution in [3.8, 4) is 6.07 Å². The molecular weight excluding hydrogens is 344 g/mol. The zero-order valence-corrected chi connectivity index (χ0v) is 15.6. The van der Waals surface area contributed by atoms with Crippen molar-refractivity contribution < 1.29 is 4.79 Å². The molecule has 1 aliphatic rings. The van der Waals surface area contributed by atoms with E-state index in [0.29, 0.717) is 0 Å². The van der Waals surface area contributed by atoms with Gasteiger partial charge in [0, 0.05) is 11.6 Å². The van der Waals surface area contributed by atoms with E-state index in [9.17, 15) is 10.1 Å². The molecule has 1 amide bonds. The molecule has 0 aromatic heterocycles. The number of carbonyl (C=O) groups excluding carboxylic acids is 1. The smallest absolute Gasteiger partial charge is 0.249 e. The number of nitrogens with zero attached hydrogens (tertiary/aromatic N) is 2. The number of hydrogen-bond acceptors (Lipinski definition) is 2. The Morgan fingerprint density at radius 2 is 1.46 bits per heavy atom. The molecule has 0 N–H and O–H groups in total. The molecule has 3 aromatic carbocycles. The van der Waals surface area contributed by atoms with E-state index in [-0.39, 0.29) is 11.8 Å². The van der Waals surface area contributed by atoms with Gasteiger partial charge in [-0.1, -0.05) is 84.4 Å². The van der Waals surface area contributed by atoms with Gasteiger partial charge in [0.25, 0.3) is 0 Å². The van der Waals surface area contributed by atoms with Gasteiger partial charge in [0.15, 0.2) is 0 Å². The lowest BCUT2D eigenvalue weighted by Crippen LogP contribution is -2.40. The van der Waals surface area contributed by atoms with E-state index in [1.807, 2.05) is 91.9 Å². The molecule has 0 saturated heterocycles. The molecule has 3 nitrogen and oxygen atoms in total. The maximum atomic E-state index is 13.5. The highest BCUT2D eigenvalue weighted by Gasteiger charge is 2.39. The van der Waals surface area contributed by atoms with Gasteiger partial charge in [-0.2, -0.15) is 5.26 Å². The summed E-state index contributed by atoms with van der Waals surface area (Å²) >= 11 is 0. The fourth-order valence-electron chi connectivity index (χ4n) is 3.64. The maximum absolute atomic E-state index is 13.5. The SMILES string of the molecule is Cc1ccc([C@H]2C=C(c3ccccc3)N(c3ccccc3)C(=O)[C@@H]2C#N)cc1. The van der Waals surface area contributed by atoms with Crippen molar-refractivity contribution in [1.29, 1.82) is 5.26 Å². The second-order valence-corrected chi connectivity index (χ2v) is 6.97. The molecule has 0 radical (unpaired) electrons. The molecule has 28 heavy (non-hydrogen) atoms. The zero-order valence-electron chi connectivity index (χ0n) is 15.6. The summed E-state index contributed by atoms with van der Waals surface area (Å²) in [7, 11) is 0. The van der Waals surface area contributed by atoms with Crippen LogP contribution in [0.15, 0.2) is 91.0 Å². The molecule has 0 saturated carbocycles. The van der Waals surface area contributed by atoms with Crippen LogP contribution in [0, 0.1) is 24.2 Å². The fourth-order valence-corrected chi connectivity index (χ4v) is 3.64. The third kappa shape index (κ3) is 3.21. The van der Waals surface area contributed by atoms with Crippen molar-refractivity contribution in [2.45, 2.75) is 12.8 Å². The van der Waals surface area contributed by atoms with E-state index >= 15 is 0 Å². The van der Waals surface area contributed by atoms with Crippen molar-refractivity contribution in [1.82, 2.24) is 0 Å². The lowest BCUT2D eigenvalue weighted by Gasteiger charge is -2.35. The Labute approximate surface area is 165 Å². The van der Waals surface area contributed by atoms with Gasteiger partial charge >= 0.3 is 0 Å². The van der Waals surface area contributed by atoms with E-state index in [0.717, 1.165) is 28.1 Å². The molecule has 2 atom stereocenters. The summed E-state index contributed by atoms with van der Waals surface area (Å²) in [5.74, 6) is -1.25. The van der Waals surface area contributed by atoms with Crippen molar-refractivity contribution in [2.24, 2.45) is 5.92 Å². The monoisotopic (exact) mass is 364 g/mol. The van der Waals surface area contributed by atoms with Gasteiger partial charge in [-0.3, -0.25) is 9.69 Å². The Balaban J connectivity index is 1.91. The van der Waals surface area contributed by atoms with Crippen LogP contribution in [0.1, 0.15) is 22.6 Å². The summed E-state index contributed by atoms with van der Waals surface area (Å²) in [6.07, 6.45) is 2.06. The molecule has 0 aliphatic carbocycles. The molecule has 136 valence electrons. The number of hydrogen-bond donors (Lipinski definition) is 0. The van der Waals surface area contributed by atoms with Crippen LogP contribution in [0.2, 0.25) is 0 Å². The summed E-state index contributed by atoms with van der Waals surface area (Å²) in [6, 6.07) is 29.7. The Hall–Kier alpha value is -3.64. The average molecular weight is 364 g/mol. The van der Waals surface area contributed by atoms with E-state index in [1.165, 1.54) is 0 Å². The quantitative estimate of drug-likeness (QED) is 0.632. The number of benzene rings is 3. The number of amides is 1. The molecule has 4 rings (SSSR count). The second-order valence-electron chi connectivity index (χ2n) is 6.97. The Morgan fingerprint density at radius 1 is 0.857 bits per heavy atom. The predicted molar refractivity (Wildman–Crippen MR) is 111 cm³/mol. The second kappa shape index (κ2) is 7.54. The van der Waals surface area contributed by atoms with Crippen LogP contribution in [0.4, 0.5) is 5.69 Å². The number of allylic oxidation sites excluding steroid dienone is 1. The summed E-state index contributed by atoms with van der Waals surface area (Å²) in [6.45, 7) is 2.03. The Bertz CT molecular complexity index is 1050. The minimum atomic E-state index is -0.768. The van der Waals surface area contributed by atoms with Gasteiger partial charge in [-0.15, -0.1) is 0 Å². The van der Waals surface area contributed by atoms with Crippen LogP contribution < -0.4 is 4.90 Å². The summed E-state index contributed by atoms with van der Waals surface area (Å²) < 4.78 is 0. The minimum absolute atomic E-state index is 0.194. The summed E-state index contributed by atoms with van der Waals surface area (Å²) in [5.41, 5.74) is 4.66. The molecule has 0 bridgehead atoms. The van der Waals surface area contributed by atoms with Crippen LogP contribution in [-0.4, -0.2) is 5.91 Å². The number of carbonyl (C=O) groups is 1. The van der Waals surface area contributed by atoms with Crippen LogP contribution >= 0.6 is 0 Å². The van der Waals surface area contributed by atoms with Crippen LogP contribution in [0.25, 0.3) is 5.70 Å². The predicted octanol–water partition coefficient (Wildman–Crippen LogP) is 5.31. The molecule has 3 heteroatoms. The van der Waals surface area contributed by atoms with Crippen molar-refractivity contribution >= 4 is 17.3 Å². The highest BCUT2D eigenvalue weighted by atomic mass is 16.2. The number of aryl methyl sites for hydroxylation is 1. The lowest BCUT2D eigenvalue weighted by molar-refractivity contribution is -0.120. The number of rotatable bonds is 3. The van der Waals surface area contributed by atoms with Crippen molar-refractivity contribution in [3.05, 3.63) is 108 Å². The number of nitriles is 1. The Morgan fingerprint density at radius 3 is 2.07 bits per heavy atom. The fraction of sp³-hybridized carbons (Fsp3) is 0.120. The van der Waals surface area contributed by atoms with Gasteiger partial charge < -0.3 is 0 Å². The van der Waals surface area contributed by atoms with Gasteiger partial charge in [0.2, 0.25) is 5.91 Å². The van der Waals surface area contributed by atoms with Crippen LogP contribution in [0.3, 0.4) is 0 Å². The molecule has 3 aromatic rings. The lowest BCUT2D eigenvalue weighted by atomic mass is 9.81. The van der Waals surface area contributed by atoms with Crippen molar-refractivity contribution in [2.75, 3.05) is 4.90 Å². The standard InChI is InChI=1S/C25H20N2O/c1-18-12-14-19(15-13-18)22-16-24(20-8-4-2-5-9-20)27(25(28)23(22)17-26)21-10-6-3-7-11-21/h2-16,22-23H,1H3/t22-,23-/m1/s1. The van der Waals surface area contributed by atoms with Gasteiger partial charge in [-0.05, 0) is 30.2 Å². The first-order valence-electron chi connectivity index (χ1n) is 9.31. The summed E-state index contributed by atoms with van der Waals surface area (Å²) in [5, 5.41) is 9.84. The Kier molecular flexibility index (Phi) is 4.78. The average Bonchev–Trinajstić information content (AvgIpc) is 2.75. The zero-order chi connectivity index (χ0) is 19.5. The number of para-hydroxylation sites is 1. The highest BCUT2D eigenvalue weighted by Crippen LogP contribution is 2.40. The third-order valence-corrected chi connectivity index (χ3v) is 5.11. The molecular formula is C25H20N2O. The van der Waals surface area contributed by atoms with Gasteiger partial charge in [-0.25, -0.2) is 0 Å². The van der Waals surface area contributed by atoms with E-state index in [2.05, 4.69) is 12.1 Å². The van der Waals surface area contributed by atoms with E-state index in [1.54, 1.807) is 4.90 Å². The van der Waals surface area contributed by atoms with E-state index in [4.69, 9.17) is 0 Å². The first kappa shape index (κ1) is 17.8. The molecule has 0 spiro atoms. The molecule has 1 heterocycles. The summed E-state index contributed by atoms with van der Waals surface area (Å²) in [4.78, 5) is 15.1. The van der Waals surface area contributed by atoms with Gasteiger partial charge in [0.1, 0.15) is 5.92 Å². The molecule has 0 fully saturated rings. The highest BCUT2D eigenvalue weighted by molar-refractivity contribution is 6.10. The first-order chi connectivity index (χ1) is 13.7. The van der Waals surface area contributed by atoms with E-state index < -0.39 is 5.92 Å². The normalized spacial score (nSPS) is 19.1. The molecule has 1 aliphatic heterocycles. The third-order valence-electron chi connectivity index (χ3n) is 5.11. The van der Waals surface area contributed by atoms with Crippen LogP contribution in [-0.2, 0) is 4.79 Å². The largest absolute Gasteiger partial charge is 0.280 e.